The third-order valence-corrected chi connectivity index (χ3v) is 2.12. The summed E-state index contributed by atoms with van der Waals surface area (Å²) < 4.78 is 18.6. The van der Waals surface area contributed by atoms with Crippen molar-refractivity contribution in [2.24, 2.45) is 0 Å². The molecule has 0 saturated carbocycles. The molecule has 0 bridgehead atoms. The molecule has 0 aliphatic heterocycles. The molecule has 0 aromatic heterocycles. The third kappa shape index (κ3) is 4.71. The molecule has 0 saturated heterocycles. The first-order valence-electron chi connectivity index (χ1n) is 5.67. The molecule has 0 fully saturated rings. The van der Waals surface area contributed by atoms with E-state index in [1.54, 1.807) is 26.8 Å². The van der Waals surface area contributed by atoms with Gasteiger partial charge >= 0.3 is 6.09 Å². The van der Waals surface area contributed by atoms with Crippen LogP contribution >= 0.6 is 0 Å². The van der Waals surface area contributed by atoms with Crippen LogP contribution in [-0.2, 0) is 17.9 Å². The highest BCUT2D eigenvalue weighted by Crippen LogP contribution is 2.11. The number of hydrogen-bond donors (Lipinski definition) is 2. The second-order valence-electron chi connectivity index (χ2n) is 4.94. The second kappa shape index (κ2) is 5.82. The highest BCUT2D eigenvalue weighted by Gasteiger charge is 2.16. The summed E-state index contributed by atoms with van der Waals surface area (Å²) in [6, 6.07) is 4.37. The average molecular weight is 255 g/mol. The molecule has 18 heavy (non-hydrogen) atoms. The van der Waals surface area contributed by atoms with Gasteiger partial charge in [-0.15, -0.1) is 0 Å². The number of ether oxygens (including phenoxy) is 1. The molecule has 100 valence electrons. The molecule has 1 aromatic rings. The number of carbonyl (C=O) groups excluding carboxylic acids is 1. The standard InChI is InChI=1S/C13H18FNO3/c1-13(2,3)18-12(17)15-7-10-5-4-9(8-16)6-11(10)14/h4-6,16H,7-8H2,1-3H3,(H,15,17). The smallest absolute Gasteiger partial charge is 0.407 e. The highest BCUT2D eigenvalue weighted by molar-refractivity contribution is 5.67. The van der Waals surface area contributed by atoms with Gasteiger partial charge in [0.25, 0.3) is 0 Å². The maximum Gasteiger partial charge on any atom is 0.407 e. The molecule has 0 aliphatic rings. The molecule has 1 rings (SSSR count). The van der Waals surface area contributed by atoms with E-state index in [4.69, 9.17) is 9.84 Å². The molecule has 1 aromatic carbocycles. The Labute approximate surface area is 106 Å². The Morgan fingerprint density at radius 3 is 2.61 bits per heavy atom. The number of alkyl carbamates (subject to hydrolysis) is 1. The number of benzene rings is 1. The summed E-state index contributed by atoms with van der Waals surface area (Å²) >= 11 is 0. The van der Waals surface area contributed by atoms with Gasteiger partial charge in [0.1, 0.15) is 11.4 Å². The summed E-state index contributed by atoms with van der Waals surface area (Å²) in [6.07, 6.45) is -0.590. The van der Waals surface area contributed by atoms with E-state index in [9.17, 15) is 9.18 Å². The summed E-state index contributed by atoms with van der Waals surface area (Å²) in [6.45, 7) is 5.10. The topological polar surface area (TPSA) is 58.6 Å². The Morgan fingerprint density at radius 1 is 1.44 bits per heavy atom. The number of amides is 1. The zero-order valence-corrected chi connectivity index (χ0v) is 10.8. The first-order valence-corrected chi connectivity index (χ1v) is 5.67. The largest absolute Gasteiger partial charge is 0.444 e. The minimum Gasteiger partial charge on any atom is -0.444 e. The van der Waals surface area contributed by atoms with E-state index in [2.05, 4.69) is 5.32 Å². The van der Waals surface area contributed by atoms with Crippen molar-refractivity contribution in [1.29, 1.82) is 0 Å². The molecule has 1 amide bonds. The lowest BCUT2D eigenvalue weighted by atomic mass is 10.1. The molecule has 2 N–H and O–H groups in total. The van der Waals surface area contributed by atoms with Crippen molar-refractivity contribution in [3.05, 3.63) is 35.1 Å². The van der Waals surface area contributed by atoms with Gasteiger partial charge in [0.15, 0.2) is 0 Å². The number of nitrogens with one attached hydrogen (secondary N) is 1. The van der Waals surface area contributed by atoms with Gasteiger partial charge in [-0.05, 0) is 32.4 Å². The van der Waals surface area contributed by atoms with Crippen molar-refractivity contribution in [3.63, 3.8) is 0 Å². The van der Waals surface area contributed by atoms with Gasteiger partial charge in [0.05, 0.1) is 6.61 Å². The predicted octanol–water partition coefficient (Wildman–Crippen LogP) is 2.34. The van der Waals surface area contributed by atoms with E-state index in [0.29, 0.717) is 11.1 Å². The zero-order valence-electron chi connectivity index (χ0n) is 10.8. The molecular weight excluding hydrogens is 237 g/mol. The third-order valence-electron chi connectivity index (χ3n) is 2.12. The fourth-order valence-corrected chi connectivity index (χ4v) is 1.31. The van der Waals surface area contributed by atoms with Crippen molar-refractivity contribution in [1.82, 2.24) is 5.32 Å². The van der Waals surface area contributed by atoms with Crippen LogP contribution in [0.4, 0.5) is 9.18 Å². The normalized spacial score (nSPS) is 11.2. The predicted molar refractivity (Wildman–Crippen MR) is 65.4 cm³/mol. The zero-order chi connectivity index (χ0) is 13.8. The first-order chi connectivity index (χ1) is 8.31. The monoisotopic (exact) mass is 255 g/mol. The Hall–Kier alpha value is -1.62. The fraction of sp³-hybridized carbons (Fsp3) is 0.462. The Balaban J connectivity index is 2.56. The van der Waals surface area contributed by atoms with E-state index in [1.165, 1.54) is 12.1 Å². The van der Waals surface area contributed by atoms with Gasteiger partial charge in [0.2, 0.25) is 0 Å². The van der Waals surface area contributed by atoms with Crippen molar-refractivity contribution < 1.29 is 19.0 Å². The van der Waals surface area contributed by atoms with Crippen LogP contribution in [0.3, 0.4) is 0 Å². The van der Waals surface area contributed by atoms with E-state index in [1.807, 2.05) is 0 Å². The van der Waals surface area contributed by atoms with E-state index in [-0.39, 0.29) is 13.2 Å². The number of carbonyl (C=O) groups is 1. The maximum atomic E-state index is 13.5. The molecule has 0 unspecified atom stereocenters. The lowest BCUT2D eigenvalue weighted by Gasteiger charge is -2.19. The van der Waals surface area contributed by atoms with E-state index < -0.39 is 17.5 Å². The van der Waals surface area contributed by atoms with Gasteiger partial charge in [0, 0.05) is 12.1 Å². The van der Waals surface area contributed by atoms with Crippen LogP contribution in [0, 0.1) is 5.82 Å². The average Bonchev–Trinajstić information content (AvgIpc) is 2.25. The fourth-order valence-electron chi connectivity index (χ4n) is 1.31. The van der Waals surface area contributed by atoms with Gasteiger partial charge < -0.3 is 15.2 Å². The SMILES string of the molecule is CC(C)(C)OC(=O)NCc1ccc(CO)cc1F. The van der Waals surface area contributed by atoms with E-state index in [0.717, 1.165) is 0 Å². The molecule has 0 aliphatic carbocycles. The van der Waals surface area contributed by atoms with Crippen molar-refractivity contribution in [3.8, 4) is 0 Å². The molecule has 0 spiro atoms. The second-order valence-corrected chi connectivity index (χ2v) is 4.94. The van der Waals surface area contributed by atoms with E-state index >= 15 is 0 Å². The quantitative estimate of drug-likeness (QED) is 0.871. The molecule has 0 heterocycles. The number of hydrogen-bond acceptors (Lipinski definition) is 3. The lowest BCUT2D eigenvalue weighted by Crippen LogP contribution is -2.32. The van der Waals surface area contributed by atoms with Crippen LogP contribution in [-0.4, -0.2) is 16.8 Å². The Kier molecular flexibility index (Phi) is 4.67. The Bertz CT molecular complexity index is 427. The summed E-state index contributed by atoms with van der Waals surface area (Å²) in [4.78, 5) is 11.4. The van der Waals surface area contributed by atoms with Crippen LogP contribution in [0.5, 0.6) is 0 Å². The van der Waals surface area contributed by atoms with Gasteiger partial charge in [-0.25, -0.2) is 9.18 Å². The summed E-state index contributed by atoms with van der Waals surface area (Å²) in [5, 5.41) is 11.3. The Morgan fingerprint density at radius 2 is 2.11 bits per heavy atom. The van der Waals surface area contributed by atoms with Gasteiger partial charge in [-0.2, -0.15) is 0 Å². The van der Waals surface area contributed by atoms with Gasteiger partial charge in [-0.3, -0.25) is 0 Å². The number of rotatable bonds is 3. The van der Waals surface area contributed by atoms with Crippen molar-refractivity contribution in [2.75, 3.05) is 0 Å². The molecule has 0 atom stereocenters. The summed E-state index contributed by atoms with van der Waals surface area (Å²) in [7, 11) is 0. The van der Waals surface area contributed by atoms with Gasteiger partial charge in [-0.1, -0.05) is 12.1 Å². The van der Waals surface area contributed by atoms with Crippen LogP contribution in [0.1, 0.15) is 31.9 Å². The van der Waals surface area contributed by atoms with Crippen molar-refractivity contribution in [2.45, 2.75) is 39.5 Å². The van der Waals surface area contributed by atoms with Crippen LogP contribution < -0.4 is 5.32 Å². The minimum absolute atomic E-state index is 0.0481. The molecule has 4 nitrogen and oxygen atoms in total. The lowest BCUT2D eigenvalue weighted by molar-refractivity contribution is 0.0523. The summed E-state index contributed by atoms with van der Waals surface area (Å²) in [5.41, 5.74) is 0.259. The highest BCUT2D eigenvalue weighted by atomic mass is 19.1. The number of aliphatic hydroxyl groups excluding tert-OH is 1. The molecular formula is C13H18FNO3. The number of aliphatic hydroxyl groups is 1. The first kappa shape index (κ1) is 14.4. The summed E-state index contributed by atoms with van der Waals surface area (Å²) in [5.74, 6) is -0.461. The number of halogens is 1. The van der Waals surface area contributed by atoms with Crippen LogP contribution in [0.2, 0.25) is 0 Å². The van der Waals surface area contributed by atoms with Crippen LogP contribution in [0.15, 0.2) is 18.2 Å². The van der Waals surface area contributed by atoms with Crippen LogP contribution in [0.25, 0.3) is 0 Å². The minimum atomic E-state index is -0.590. The molecule has 5 heteroatoms. The maximum absolute atomic E-state index is 13.5. The molecule has 0 radical (unpaired) electrons. The van der Waals surface area contributed by atoms with Crippen molar-refractivity contribution >= 4 is 6.09 Å².